The average molecular weight is 308 g/mol. The van der Waals surface area contributed by atoms with Crippen LogP contribution in [0.4, 0.5) is 0 Å². The maximum absolute atomic E-state index is 11.5. The molecule has 0 aromatic carbocycles. The Balaban J connectivity index is 3.43. The highest BCUT2D eigenvalue weighted by atomic mass is 16.5. The van der Waals surface area contributed by atoms with Crippen molar-refractivity contribution < 1.29 is 29.2 Å². The zero-order valence-electron chi connectivity index (χ0n) is 12.5. The molecule has 0 saturated carbocycles. The van der Waals surface area contributed by atoms with Crippen LogP contribution in [0.1, 0.15) is 12.8 Å². The van der Waals surface area contributed by atoms with Crippen LogP contribution < -0.4 is 11.1 Å². The van der Waals surface area contributed by atoms with Crippen molar-refractivity contribution in [1.29, 1.82) is 0 Å². The van der Waals surface area contributed by atoms with E-state index in [9.17, 15) is 4.79 Å². The first-order valence-electron chi connectivity index (χ1n) is 7.19. The molecule has 0 heterocycles. The molecule has 0 unspecified atom stereocenters. The highest BCUT2D eigenvalue weighted by molar-refractivity contribution is 5.77. The number of carbonyl (C=O) groups excluding carboxylic acids is 1. The molecule has 1 amide bonds. The van der Waals surface area contributed by atoms with Crippen molar-refractivity contribution in [2.24, 2.45) is 5.73 Å². The quantitative estimate of drug-likeness (QED) is 0.264. The number of hydrogen-bond donors (Lipinski definition) is 4. The van der Waals surface area contributed by atoms with Crippen molar-refractivity contribution >= 4 is 5.91 Å². The van der Waals surface area contributed by atoms with Gasteiger partial charge in [0.2, 0.25) is 5.91 Å². The van der Waals surface area contributed by atoms with E-state index in [-0.39, 0.29) is 31.8 Å². The summed E-state index contributed by atoms with van der Waals surface area (Å²) in [6.07, 6.45) is 0.830. The first kappa shape index (κ1) is 20.2. The Bertz CT molecular complexity index is 237. The van der Waals surface area contributed by atoms with Crippen molar-refractivity contribution in [3.05, 3.63) is 0 Å². The zero-order valence-corrected chi connectivity index (χ0v) is 12.5. The molecule has 5 N–H and O–H groups in total. The second kappa shape index (κ2) is 15.6. The molecule has 0 bridgehead atoms. The smallest absolute Gasteiger partial charge is 0.246 e. The standard InChI is InChI=1S/C13H28N2O6/c14-3-6-19-7-8-20-9-10-21-11-13(18)15-12(1-4-16)2-5-17/h12,16-17H,1-11,14H2,(H,15,18). The molecule has 21 heavy (non-hydrogen) atoms. The van der Waals surface area contributed by atoms with Crippen LogP contribution >= 0.6 is 0 Å². The van der Waals surface area contributed by atoms with Gasteiger partial charge in [-0.15, -0.1) is 0 Å². The fourth-order valence-electron chi connectivity index (χ4n) is 1.56. The van der Waals surface area contributed by atoms with E-state index in [0.717, 1.165) is 0 Å². The second-order valence-corrected chi connectivity index (χ2v) is 4.36. The Morgan fingerprint density at radius 3 is 2.00 bits per heavy atom. The van der Waals surface area contributed by atoms with Gasteiger partial charge in [-0.3, -0.25) is 4.79 Å². The monoisotopic (exact) mass is 308 g/mol. The number of aliphatic hydroxyl groups is 2. The van der Waals surface area contributed by atoms with Crippen LogP contribution in [-0.4, -0.2) is 81.6 Å². The van der Waals surface area contributed by atoms with E-state index in [0.29, 0.717) is 52.4 Å². The molecule has 8 nitrogen and oxygen atoms in total. The lowest BCUT2D eigenvalue weighted by Crippen LogP contribution is -2.38. The summed E-state index contributed by atoms with van der Waals surface area (Å²) in [5, 5.41) is 20.3. The molecule has 0 aromatic heterocycles. The van der Waals surface area contributed by atoms with Crippen LogP contribution in [0.5, 0.6) is 0 Å². The maximum Gasteiger partial charge on any atom is 0.246 e. The summed E-state index contributed by atoms with van der Waals surface area (Å²) in [6.45, 7) is 2.52. The molecule has 0 saturated heterocycles. The van der Waals surface area contributed by atoms with E-state index in [1.54, 1.807) is 0 Å². The second-order valence-electron chi connectivity index (χ2n) is 4.36. The normalized spacial score (nSPS) is 11.0. The summed E-state index contributed by atoms with van der Waals surface area (Å²) in [7, 11) is 0. The van der Waals surface area contributed by atoms with E-state index < -0.39 is 0 Å². The lowest BCUT2D eigenvalue weighted by atomic mass is 10.1. The molecule has 0 aliphatic rings. The molecule has 126 valence electrons. The van der Waals surface area contributed by atoms with Gasteiger partial charge >= 0.3 is 0 Å². The molecule has 0 radical (unpaired) electrons. The van der Waals surface area contributed by atoms with Gasteiger partial charge in [-0.25, -0.2) is 0 Å². The van der Waals surface area contributed by atoms with Crippen LogP contribution in [0.3, 0.4) is 0 Å². The third-order valence-corrected chi connectivity index (χ3v) is 2.56. The molecule has 8 heteroatoms. The van der Waals surface area contributed by atoms with E-state index in [2.05, 4.69) is 5.32 Å². The summed E-state index contributed by atoms with van der Waals surface area (Å²) in [5.74, 6) is -0.270. The lowest BCUT2D eigenvalue weighted by molar-refractivity contribution is -0.127. The van der Waals surface area contributed by atoms with Gasteiger partial charge in [0, 0.05) is 25.8 Å². The van der Waals surface area contributed by atoms with Gasteiger partial charge in [0.1, 0.15) is 6.61 Å². The van der Waals surface area contributed by atoms with Crippen molar-refractivity contribution in [3.63, 3.8) is 0 Å². The molecular formula is C13H28N2O6. The molecule has 0 atom stereocenters. The number of carbonyl (C=O) groups is 1. The number of amides is 1. The maximum atomic E-state index is 11.5. The molecular weight excluding hydrogens is 280 g/mol. The predicted molar refractivity (Wildman–Crippen MR) is 76.8 cm³/mol. The number of ether oxygens (including phenoxy) is 3. The summed E-state index contributed by atoms with van der Waals surface area (Å²) in [6, 6.07) is -0.230. The van der Waals surface area contributed by atoms with E-state index in [1.807, 2.05) is 0 Å². The minimum atomic E-state index is -0.270. The van der Waals surface area contributed by atoms with Crippen molar-refractivity contribution in [3.8, 4) is 0 Å². The fourth-order valence-corrected chi connectivity index (χ4v) is 1.56. The van der Waals surface area contributed by atoms with Gasteiger partial charge in [-0.1, -0.05) is 0 Å². The highest BCUT2D eigenvalue weighted by Gasteiger charge is 2.11. The zero-order chi connectivity index (χ0) is 15.8. The fraction of sp³-hybridized carbons (Fsp3) is 0.923. The minimum absolute atomic E-state index is 0.0358. The molecule has 0 aromatic rings. The van der Waals surface area contributed by atoms with Crippen molar-refractivity contribution in [2.75, 3.05) is 59.4 Å². The van der Waals surface area contributed by atoms with Gasteiger partial charge in [0.25, 0.3) is 0 Å². The van der Waals surface area contributed by atoms with Crippen molar-refractivity contribution in [2.45, 2.75) is 18.9 Å². The Morgan fingerprint density at radius 1 is 0.952 bits per heavy atom. The number of rotatable bonds is 15. The van der Waals surface area contributed by atoms with E-state index in [4.69, 9.17) is 30.2 Å². The predicted octanol–water partition coefficient (Wildman–Crippen LogP) is -1.76. The number of nitrogens with two attached hydrogens (primary N) is 1. The molecule has 0 aliphatic carbocycles. The largest absolute Gasteiger partial charge is 0.396 e. The van der Waals surface area contributed by atoms with E-state index in [1.165, 1.54) is 0 Å². The van der Waals surface area contributed by atoms with Gasteiger partial charge in [0.05, 0.1) is 33.0 Å². The van der Waals surface area contributed by atoms with Gasteiger partial charge < -0.3 is 35.5 Å². The summed E-state index contributed by atoms with van der Waals surface area (Å²) in [5.41, 5.74) is 5.26. The Kier molecular flexibility index (Phi) is 15.0. The Labute approximate surface area is 125 Å². The van der Waals surface area contributed by atoms with Crippen LogP contribution in [0.2, 0.25) is 0 Å². The van der Waals surface area contributed by atoms with Crippen LogP contribution in [0.25, 0.3) is 0 Å². The first-order valence-corrected chi connectivity index (χ1v) is 7.19. The van der Waals surface area contributed by atoms with Crippen LogP contribution in [0.15, 0.2) is 0 Å². The average Bonchev–Trinajstić information content (AvgIpc) is 2.46. The van der Waals surface area contributed by atoms with Crippen LogP contribution in [-0.2, 0) is 19.0 Å². The van der Waals surface area contributed by atoms with Gasteiger partial charge in [-0.2, -0.15) is 0 Å². The summed E-state index contributed by atoms with van der Waals surface area (Å²) >= 11 is 0. The molecule has 0 aliphatic heterocycles. The third kappa shape index (κ3) is 13.9. The molecule has 0 spiro atoms. The Hall–Kier alpha value is -0.770. The Morgan fingerprint density at radius 2 is 1.48 bits per heavy atom. The number of aliphatic hydroxyl groups excluding tert-OH is 2. The van der Waals surface area contributed by atoms with Crippen molar-refractivity contribution in [1.82, 2.24) is 5.32 Å². The summed E-state index contributed by atoms with van der Waals surface area (Å²) in [4.78, 5) is 11.5. The highest BCUT2D eigenvalue weighted by Crippen LogP contribution is 1.96. The summed E-state index contributed by atoms with van der Waals surface area (Å²) < 4.78 is 15.5. The third-order valence-electron chi connectivity index (χ3n) is 2.56. The topological polar surface area (TPSA) is 123 Å². The number of nitrogens with one attached hydrogen (secondary N) is 1. The SMILES string of the molecule is NCCOCCOCCOCC(=O)NC(CCO)CCO. The molecule has 0 rings (SSSR count). The minimum Gasteiger partial charge on any atom is -0.396 e. The first-order chi connectivity index (χ1) is 10.2. The van der Waals surface area contributed by atoms with Gasteiger partial charge in [-0.05, 0) is 12.8 Å². The number of hydrogen-bond acceptors (Lipinski definition) is 7. The van der Waals surface area contributed by atoms with E-state index >= 15 is 0 Å². The van der Waals surface area contributed by atoms with Gasteiger partial charge in [0.15, 0.2) is 0 Å². The molecule has 0 fully saturated rings. The van der Waals surface area contributed by atoms with Crippen LogP contribution in [0, 0.1) is 0 Å². The lowest BCUT2D eigenvalue weighted by Gasteiger charge is -2.16.